The third kappa shape index (κ3) is 5.35. The molecule has 0 radical (unpaired) electrons. The van der Waals surface area contributed by atoms with E-state index in [1.165, 1.54) is 0 Å². The van der Waals surface area contributed by atoms with E-state index < -0.39 is 11.9 Å². The second kappa shape index (κ2) is 6.96. The lowest BCUT2D eigenvalue weighted by molar-refractivity contribution is -0.159. The van der Waals surface area contributed by atoms with Crippen molar-refractivity contribution >= 4 is 17.8 Å². The van der Waals surface area contributed by atoms with Crippen LogP contribution in [0.25, 0.3) is 0 Å². The van der Waals surface area contributed by atoms with Crippen molar-refractivity contribution in [3.05, 3.63) is 35.9 Å². The summed E-state index contributed by atoms with van der Waals surface area (Å²) in [5, 5.41) is 14.8. The number of rotatable bonds is 1. The van der Waals surface area contributed by atoms with Crippen molar-refractivity contribution in [3.8, 4) is 0 Å². The lowest BCUT2D eigenvalue weighted by Gasteiger charge is -1.95. The molecule has 0 saturated heterocycles. The van der Waals surface area contributed by atoms with Gasteiger partial charge in [-0.05, 0) is 12.1 Å². The number of carbonyl (C=O) groups is 3. The van der Waals surface area contributed by atoms with Crippen LogP contribution in [0.15, 0.2) is 30.3 Å². The Morgan fingerprint density at radius 2 is 1.44 bits per heavy atom. The summed E-state index contributed by atoms with van der Waals surface area (Å²) in [6.45, 7) is 0. The molecule has 1 aromatic rings. The van der Waals surface area contributed by atoms with E-state index in [9.17, 15) is 4.79 Å². The average molecular weight is 226 g/mol. The molecule has 1 amide bonds. The van der Waals surface area contributed by atoms with Crippen molar-refractivity contribution in [1.29, 1.82) is 0 Å². The first-order valence-electron chi connectivity index (χ1n) is 4.01. The highest BCUT2D eigenvalue weighted by Crippen LogP contribution is 1.95. The predicted octanol–water partition coefficient (Wildman–Crippen LogP) is -0.554. The Morgan fingerprint density at radius 3 is 1.75 bits per heavy atom. The van der Waals surface area contributed by atoms with Crippen molar-refractivity contribution < 1.29 is 24.6 Å². The minimum absolute atomic E-state index is 0.263. The van der Waals surface area contributed by atoms with E-state index in [1.807, 2.05) is 11.5 Å². The zero-order valence-corrected chi connectivity index (χ0v) is 8.08. The lowest BCUT2D eigenvalue weighted by Crippen LogP contribution is -2.29. The van der Waals surface area contributed by atoms with E-state index in [1.54, 1.807) is 24.3 Å². The van der Waals surface area contributed by atoms with Crippen LogP contribution in [0.3, 0.4) is 0 Å². The molecule has 1 aromatic carbocycles. The molecule has 0 spiro atoms. The fourth-order valence-corrected chi connectivity index (χ4v) is 0.673. The van der Waals surface area contributed by atoms with Crippen LogP contribution in [-0.4, -0.2) is 28.1 Å². The van der Waals surface area contributed by atoms with Gasteiger partial charge in [0, 0.05) is 5.56 Å². The summed E-state index contributed by atoms with van der Waals surface area (Å²) in [6, 6.07) is 8.80. The van der Waals surface area contributed by atoms with E-state index in [2.05, 4.69) is 0 Å². The zero-order chi connectivity index (χ0) is 12.6. The summed E-state index contributed by atoms with van der Waals surface area (Å²) in [6.07, 6.45) is 0. The number of hydrogen-bond acceptors (Lipinski definition) is 4. The Morgan fingerprint density at radius 1 is 1.00 bits per heavy atom. The number of aliphatic carboxylic acids is 2. The van der Waals surface area contributed by atoms with Gasteiger partial charge in [-0.2, -0.15) is 0 Å². The van der Waals surface area contributed by atoms with Gasteiger partial charge in [0.2, 0.25) is 0 Å². The summed E-state index contributed by atoms with van der Waals surface area (Å²) in [5.41, 5.74) is 2.62. The molecule has 0 bridgehead atoms. The standard InChI is InChI=1S/C7H8N2O.C2H2O4/c8-9-7(10)6-4-2-1-3-5-6;3-1(4)2(5)6/h1-5H,8H2,(H,9,10);(H,3,4)(H,5,6). The van der Waals surface area contributed by atoms with Crippen LogP contribution in [-0.2, 0) is 9.59 Å². The number of hydrogen-bond donors (Lipinski definition) is 4. The fourth-order valence-electron chi connectivity index (χ4n) is 0.673. The molecule has 0 heterocycles. The normalized spacial score (nSPS) is 8.31. The molecule has 0 aliphatic rings. The van der Waals surface area contributed by atoms with Gasteiger partial charge in [0.15, 0.2) is 0 Å². The van der Waals surface area contributed by atoms with Gasteiger partial charge in [0.25, 0.3) is 5.91 Å². The van der Waals surface area contributed by atoms with Gasteiger partial charge in [0.1, 0.15) is 0 Å². The molecule has 86 valence electrons. The Hall–Kier alpha value is -2.41. The van der Waals surface area contributed by atoms with Crippen molar-refractivity contribution in [3.63, 3.8) is 0 Å². The number of nitrogen functional groups attached to an aromatic ring is 1. The van der Waals surface area contributed by atoms with Crippen LogP contribution in [0, 0.1) is 0 Å². The number of carboxylic acid groups (broad SMARTS) is 2. The first-order valence-corrected chi connectivity index (χ1v) is 4.01. The van der Waals surface area contributed by atoms with Crippen LogP contribution in [0.5, 0.6) is 0 Å². The summed E-state index contributed by atoms with van der Waals surface area (Å²) >= 11 is 0. The Labute approximate surface area is 90.5 Å². The topological polar surface area (TPSA) is 130 Å². The molecule has 0 fully saturated rings. The van der Waals surface area contributed by atoms with E-state index in [0.29, 0.717) is 5.56 Å². The van der Waals surface area contributed by atoms with Crippen LogP contribution >= 0.6 is 0 Å². The monoisotopic (exact) mass is 226 g/mol. The van der Waals surface area contributed by atoms with Gasteiger partial charge < -0.3 is 10.2 Å². The largest absolute Gasteiger partial charge is 0.473 e. The van der Waals surface area contributed by atoms with E-state index in [4.69, 9.17) is 25.6 Å². The first-order chi connectivity index (χ1) is 7.49. The highest BCUT2D eigenvalue weighted by Gasteiger charge is 2.04. The van der Waals surface area contributed by atoms with Crippen molar-refractivity contribution in [1.82, 2.24) is 5.43 Å². The minimum atomic E-state index is -1.82. The van der Waals surface area contributed by atoms with Crippen molar-refractivity contribution in [2.45, 2.75) is 0 Å². The quantitative estimate of drug-likeness (QED) is 0.220. The van der Waals surface area contributed by atoms with Crippen LogP contribution in [0.1, 0.15) is 10.4 Å². The maximum Gasteiger partial charge on any atom is 0.414 e. The number of amides is 1. The number of nitrogens with two attached hydrogens (primary N) is 1. The molecule has 7 heteroatoms. The molecule has 16 heavy (non-hydrogen) atoms. The molecule has 0 atom stereocenters. The number of carboxylic acids is 2. The van der Waals surface area contributed by atoms with Crippen LogP contribution in [0.2, 0.25) is 0 Å². The van der Waals surface area contributed by atoms with Crippen molar-refractivity contribution in [2.24, 2.45) is 5.84 Å². The molecule has 7 nitrogen and oxygen atoms in total. The van der Waals surface area contributed by atoms with E-state index in [-0.39, 0.29) is 5.91 Å². The average Bonchev–Trinajstić information content (AvgIpc) is 2.30. The lowest BCUT2D eigenvalue weighted by atomic mass is 10.2. The van der Waals surface area contributed by atoms with Crippen LogP contribution < -0.4 is 11.3 Å². The molecular formula is C9H10N2O5. The SMILES string of the molecule is NNC(=O)c1ccccc1.O=C(O)C(=O)O. The maximum absolute atomic E-state index is 10.8. The molecule has 1 rings (SSSR count). The van der Waals surface area contributed by atoms with Gasteiger partial charge in [-0.25, -0.2) is 15.4 Å². The first kappa shape index (κ1) is 13.6. The maximum atomic E-state index is 10.8. The summed E-state index contributed by atoms with van der Waals surface area (Å²) in [5.74, 6) is 0.993. The second-order valence-corrected chi connectivity index (χ2v) is 2.45. The number of benzene rings is 1. The summed E-state index contributed by atoms with van der Waals surface area (Å²) in [7, 11) is 0. The number of nitrogens with one attached hydrogen (secondary N) is 1. The Balaban J connectivity index is 0.000000325. The summed E-state index contributed by atoms with van der Waals surface area (Å²) in [4.78, 5) is 29.0. The van der Waals surface area contributed by atoms with Gasteiger partial charge in [-0.1, -0.05) is 18.2 Å². The Bertz CT molecular complexity index is 365. The highest BCUT2D eigenvalue weighted by molar-refractivity contribution is 6.27. The van der Waals surface area contributed by atoms with Gasteiger partial charge in [-0.3, -0.25) is 10.2 Å². The fraction of sp³-hybridized carbons (Fsp3) is 0. The second-order valence-electron chi connectivity index (χ2n) is 2.45. The molecule has 0 unspecified atom stereocenters. The summed E-state index contributed by atoms with van der Waals surface area (Å²) < 4.78 is 0. The highest BCUT2D eigenvalue weighted by atomic mass is 16.4. The van der Waals surface area contributed by atoms with Crippen molar-refractivity contribution in [2.75, 3.05) is 0 Å². The number of carbonyl (C=O) groups excluding carboxylic acids is 1. The predicted molar refractivity (Wildman–Crippen MR) is 53.4 cm³/mol. The van der Waals surface area contributed by atoms with Crippen LogP contribution in [0.4, 0.5) is 0 Å². The molecule has 0 aliphatic heterocycles. The van der Waals surface area contributed by atoms with Gasteiger partial charge in [0.05, 0.1) is 0 Å². The zero-order valence-electron chi connectivity index (χ0n) is 8.08. The van der Waals surface area contributed by atoms with E-state index in [0.717, 1.165) is 0 Å². The smallest absolute Gasteiger partial charge is 0.414 e. The van der Waals surface area contributed by atoms with Gasteiger partial charge in [-0.15, -0.1) is 0 Å². The molecule has 0 aliphatic carbocycles. The van der Waals surface area contributed by atoms with E-state index >= 15 is 0 Å². The minimum Gasteiger partial charge on any atom is -0.473 e. The Kier molecular flexibility index (Phi) is 5.91. The molecule has 0 aromatic heterocycles. The van der Waals surface area contributed by atoms with Gasteiger partial charge >= 0.3 is 11.9 Å². The number of hydrazine groups is 1. The molecule has 5 N–H and O–H groups in total. The molecule has 0 saturated carbocycles. The third-order valence-electron chi connectivity index (χ3n) is 1.35. The molecular weight excluding hydrogens is 216 g/mol. The third-order valence-corrected chi connectivity index (χ3v) is 1.35.